The lowest BCUT2D eigenvalue weighted by Crippen LogP contribution is -2.16. The maximum atomic E-state index is 2.49. The van der Waals surface area contributed by atoms with E-state index in [4.69, 9.17) is 0 Å². The van der Waals surface area contributed by atoms with Gasteiger partial charge in [0.05, 0.1) is 11.2 Å². The molecule has 0 saturated carbocycles. The van der Waals surface area contributed by atoms with Crippen LogP contribution in [-0.4, -0.2) is 4.57 Å². The Hall–Kier alpha value is -6.90. The van der Waals surface area contributed by atoms with E-state index in [1.807, 2.05) is 0 Å². The molecule has 1 aromatic heterocycles. The van der Waals surface area contributed by atoms with Gasteiger partial charge in [-0.25, -0.2) is 0 Å². The maximum absolute atomic E-state index is 2.49. The molecule has 11 rings (SSSR count). The minimum Gasteiger partial charge on any atom is -0.310 e. The number of aromatic nitrogens is 1. The van der Waals surface area contributed by atoms with Gasteiger partial charge in [0.1, 0.15) is 0 Å². The molecule has 2 aliphatic carbocycles. The topological polar surface area (TPSA) is 8.17 Å². The molecular formula is C56H44N2. The van der Waals surface area contributed by atoms with E-state index in [9.17, 15) is 0 Å². The van der Waals surface area contributed by atoms with Crippen LogP contribution in [0.2, 0.25) is 0 Å². The van der Waals surface area contributed by atoms with Gasteiger partial charge in [-0.1, -0.05) is 161 Å². The molecule has 0 amide bonds. The zero-order valence-electron chi connectivity index (χ0n) is 33.4. The smallest absolute Gasteiger partial charge is 0.0585 e. The third-order valence-corrected chi connectivity index (χ3v) is 13.0. The SMILES string of the molecule is CC1(C)c2ccccc2-c2ccc(N(c3ccccc3)c3ccc(-c4ccc5c(c4)-c4c(c6ccccc6n4-c4ccc(-c6ccccc6)cc4)C5(C)C)cc3)cc21. The van der Waals surface area contributed by atoms with Gasteiger partial charge >= 0.3 is 0 Å². The molecular weight excluding hydrogens is 701 g/mol. The molecule has 0 N–H and O–H groups in total. The Balaban J connectivity index is 1.00. The van der Waals surface area contributed by atoms with Crippen molar-refractivity contribution in [3.63, 3.8) is 0 Å². The lowest BCUT2D eigenvalue weighted by atomic mass is 9.81. The van der Waals surface area contributed by atoms with Crippen LogP contribution in [0.5, 0.6) is 0 Å². The van der Waals surface area contributed by atoms with Crippen molar-refractivity contribution in [1.82, 2.24) is 4.57 Å². The Morgan fingerprint density at radius 1 is 0.379 bits per heavy atom. The van der Waals surface area contributed by atoms with Crippen LogP contribution < -0.4 is 4.90 Å². The second-order valence-electron chi connectivity index (χ2n) is 17.0. The van der Waals surface area contributed by atoms with Crippen LogP contribution in [0.3, 0.4) is 0 Å². The fourth-order valence-electron chi connectivity index (χ4n) is 10.1. The second-order valence-corrected chi connectivity index (χ2v) is 17.0. The van der Waals surface area contributed by atoms with Gasteiger partial charge in [0.15, 0.2) is 0 Å². The standard InChI is InChI=1S/C56H44N2/c1-55(2)49-21-13-11-19-45(49)46-33-32-44(36-51(46)55)57(41-17-9-6-10-18-41)42-28-25-39(26-29-42)40-27-34-50-48(35-40)54-53(56(50,3)4)47-20-12-14-22-52(47)58(54)43-30-23-38(24-31-43)37-15-7-5-8-16-37/h5-36H,1-4H3. The molecule has 2 heteroatoms. The van der Waals surface area contributed by atoms with Crippen molar-refractivity contribution in [2.24, 2.45) is 0 Å². The lowest BCUT2D eigenvalue weighted by molar-refractivity contribution is 0.660. The molecule has 278 valence electrons. The van der Waals surface area contributed by atoms with Crippen LogP contribution in [0, 0.1) is 0 Å². The van der Waals surface area contributed by atoms with Crippen molar-refractivity contribution >= 4 is 28.0 Å². The predicted octanol–water partition coefficient (Wildman–Crippen LogP) is 15.0. The summed E-state index contributed by atoms with van der Waals surface area (Å²) < 4.78 is 2.49. The van der Waals surface area contributed by atoms with Crippen LogP contribution in [0.15, 0.2) is 194 Å². The molecule has 2 aliphatic rings. The number of para-hydroxylation sites is 2. The average molecular weight is 745 g/mol. The summed E-state index contributed by atoms with van der Waals surface area (Å²) >= 11 is 0. The van der Waals surface area contributed by atoms with Crippen LogP contribution in [0.25, 0.3) is 61.2 Å². The highest BCUT2D eigenvalue weighted by molar-refractivity contribution is 6.00. The van der Waals surface area contributed by atoms with Crippen LogP contribution in [0.4, 0.5) is 17.1 Å². The molecule has 0 saturated heterocycles. The highest BCUT2D eigenvalue weighted by Gasteiger charge is 2.41. The van der Waals surface area contributed by atoms with E-state index in [0.717, 1.165) is 17.1 Å². The third kappa shape index (κ3) is 5.11. The number of fused-ring (bicyclic) bond motifs is 8. The van der Waals surface area contributed by atoms with E-state index < -0.39 is 0 Å². The molecule has 58 heavy (non-hydrogen) atoms. The quantitative estimate of drug-likeness (QED) is 0.165. The highest BCUT2D eigenvalue weighted by Crippen LogP contribution is 2.55. The van der Waals surface area contributed by atoms with Crippen molar-refractivity contribution in [3.05, 3.63) is 216 Å². The molecule has 0 radical (unpaired) electrons. The summed E-state index contributed by atoms with van der Waals surface area (Å²) in [6, 6.07) is 71.5. The summed E-state index contributed by atoms with van der Waals surface area (Å²) in [5, 5.41) is 1.32. The zero-order valence-corrected chi connectivity index (χ0v) is 33.4. The first-order valence-electron chi connectivity index (χ1n) is 20.4. The van der Waals surface area contributed by atoms with Crippen LogP contribution in [-0.2, 0) is 10.8 Å². The summed E-state index contributed by atoms with van der Waals surface area (Å²) in [6.07, 6.45) is 0. The van der Waals surface area contributed by atoms with Crippen molar-refractivity contribution in [3.8, 4) is 50.3 Å². The molecule has 0 unspecified atom stereocenters. The minimum absolute atomic E-state index is 0.0759. The first-order chi connectivity index (χ1) is 28.3. The normalized spacial score (nSPS) is 14.1. The number of hydrogen-bond donors (Lipinski definition) is 0. The average Bonchev–Trinajstić information content (AvgIpc) is 3.82. The van der Waals surface area contributed by atoms with Gasteiger partial charge in [-0.2, -0.15) is 0 Å². The molecule has 0 atom stereocenters. The Labute approximate surface area is 341 Å². The van der Waals surface area contributed by atoms with E-state index in [0.29, 0.717) is 0 Å². The Morgan fingerprint density at radius 2 is 0.931 bits per heavy atom. The molecule has 0 aliphatic heterocycles. The zero-order chi connectivity index (χ0) is 39.2. The Bertz CT molecular complexity index is 3020. The van der Waals surface area contributed by atoms with Crippen molar-refractivity contribution in [1.29, 1.82) is 0 Å². The van der Waals surface area contributed by atoms with Gasteiger partial charge < -0.3 is 9.47 Å². The van der Waals surface area contributed by atoms with Gasteiger partial charge in [0.2, 0.25) is 0 Å². The fraction of sp³-hybridized carbons (Fsp3) is 0.107. The number of benzene rings is 8. The number of hydrogen-bond acceptors (Lipinski definition) is 1. The van der Waals surface area contributed by atoms with Crippen LogP contribution in [0.1, 0.15) is 49.9 Å². The van der Waals surface area contributed by atoms with Crippen molar-refractivity contribution in [2.45, 2.75) is 38.5 Å². The molecule has 0 fully saturated rings. The summed E-state index contributed by atoms with van der Waals surface area (Å²) in [5.74, 6) is 0. The van der Waals surface area contributed by atoms with Crippen LogP contribution >= 0.6 is 0 Å². The van der Waals surface area contributed by atoms with E-state index in [-0.39, 0.29) is 10.8 Å². The van der Waals surface area contributed by atoms with E-state index in [1.165, 1.54) is 83.5 Å². The van der Waals surface area contributed by atoms with E-state index in [1.54, 1.807) is 0 Å². The third-order valence-electron chi connectivity index (χ3n) is 13.0. The molecule has 0 bridgehead atoms. The number of anilines is 3. The molecule has 8 aromatic carbocycles. The lowest BCUT2D eigenvalue weighted by Gasteiger charge is -2.28. The summed E-state index contributed by atoms with van der Waals surface area (Å²) in [6.45, 7) is 9.48. The first kappa shape index (κ1) is 34.4. The summed E-state index contributed by atoms with van der Waals surface area (Å²) in [4.78, 5) is 2.39. The summed E-state index contributed by atoms with van der Waals surface area (Å²) in [5.41, 5.74) is 21.3. The largest absolute Gasteiger partial charge is 0.310 e. The number of rotatable bonds is 6. The maximum Gasteiger partial charge on any atom is 0.0585 e. The van der Waals surface area contributed by atoms with Gasteiger partial charge in [-0.3, -0.25) is 0 Å². The van der Waals surface area contributed by atoms with Crippen molar-refractivity contribution < 1.29 is 0 Å². The summed E-state index contributed by atoms with van der Waals surface area (Å²) in [7, 11) is 0. The monoisotopic (exact) mass is 744 g/mol. The van der Waals surface area contributed by atoms with E-state index >= 15 is 0 Å². The van der Waals surface area contributed by atoms with Crippen molar-refractivity contribution in [2.75, 3.05) is 4.90 Å². The Morgan fingerprint density at radius 3 is 1.71 bits per heavy atom. The molecule has 2 nitrogen and oxygen atoms in total. The first-order valence-corrected chi connectivity index (χ1v) is 20.4. The van der Waals surface area contributed by atoms with E-state index in [2.05, 4.69) is 231 Å². The molecule has 9 aromatic rings. The molecule has 1 heterocycles. The second kappa shape index (κ2) is 12.8. The van der Waals surface area contributed by atoms with Gasteiger partial charge in [-0.15, -0.1) is 0 Å². The van der Waals surface area contributed by atoms with Gasteiger partial charge in [0.25, 0.3) is 0 Å². The minimum atomic E-state index is -0.149. The fourth-order valence-corrected chi connectivity index (χ4v) is 10.1. The highest BCUT2D eigenvalue weighted by atomic mass is 15.1. The van der Waals surface area contributed by atoms with Gasteiger partial charge in [-0.05, 0) is 116 Å². The van der Waals surface area contributed by atoms with Gasteiger partial charge in [0, 0.05) is 44.5 Å². The predicted molar refractivity (Wildman–Crippen MR) is 244 cm³/mol. The number of nitrogens with zero attached hydrogens (tertiary/aromatic N) is 2. The Kier molecular flexibility index (Phi) is 7.59. The molecule has 0 spiro atoms.